The van der Waals surface area contributed by atoms with Crippen LogP contribution in [0.2, 0.25) is 0 Å². The maximum Gasteiger partial charge on any atom is 0.274 e. The highest BCUT2D eigenvalue weighted by atomic mass is 19.1. The molecule has 0 saturated heterocycles. The molecule has 9 heteroatoms. The summed E-state index contributed by atoms with van der Waals surface area (Å²) >= 11 is 0. The second kappa shape index (κ2) is 7.18. The van der Waals surface area contributed by atoms with Crippen LogP contribution >= 0.6 is 0 Å². The number of aromatic hydroxyl groups is 1. The second-order valence-electron chi connectivity index (χ2n) is 6.07. The van der Waals surface area contributed by atoms with Crippen LogP contribution in [-0.2, 0) is 13.1 Å². The maximum absolute atomic E-state index is 13.6. The number of halogens is 2. The Morgan fingerprint density at radius 2 is 2.00 bits per heavy atom. The Morgan fingerprint density at radius 3 is 2.67 bits per heavy atom. The molecule has 0 bridgehead atoms. The normalized spacial score (nSPS) is 13.4. The van der Waals surface area contributed by atoms with Crippen molar-refractivity contribution in [1.82, 2.24) is 14.8 Å². The number of amides is 2. The van der Waals surface area contributed by atoms with Crippen molar-refractivity contribution in [2.75, 3.05) is 13.1 Å². The molecule has 1 aliphatic rings. The molecule has 1 aromatic carbocycles. The van der Waals surface area contributed by atoms with E-state index in [1.165, 1.54) is 21.7 Å². The summed E-state index contributed by atoms with van der Waals surface area (Å²) in [4.78, 5) is 38.4. The van der Waals surface area contributed by atoms with E-state index < -0.39 is 34.6 Å². The van der Waals surface area contributed by atoms with E-state index in [2.05, 4.69) is 5.32 Å². The average Bonchev–Trinajstić information content (AvgIpc) is 2.63. The Kier molecular flexibility index (Phi) is 4.93. The van der Waals surface area contributed by atoms with Crippen molar-refractivity contribution in [3.63, 3.8) is 0 Å². The predicted molar refractivity (Wildman–Crippen MR) is 91.5 cm³/mol. The number of hydrogen-bond acceptors (Lipinski definition) is 4. The number of rotatable bonds is 4. The first kappa shape index (κ1) is 18.6. The molecule has 2 amide bonds. The molecule has 0 spiro atoms. The Labute approximate surface area is 152 Å². The van der Waals surface area contributed by atoms with Crippen LogP contribution in [-0.4, -0.2) is 39.5 Å². The molecule has 0 radical (unpaired) electrons. The number of carbonyl (C=O) groups is 2. The molecule has 3 rings (SSSR count). The molecule has 2 aromatic rings. The van der Waals surface area contributed by atoms with Gasteiger partial charge in [-0.15, -0.1) is 0 Å². The number of carbonyl (C=O) groups excluding carboxylic acids is 2. The molecule has 7 nitrogen and oxygen atoms in total. The van der Waals surface area contributed by atoms with Crippen molar-refractivity contribution in [1.29, 1.82) is 0 Å². The highest BCUT2D eigenvalue weighted by Gasteiger charge is 2.29. The Bertz CT molecular complexity index is 987. The zero-order valence-corrected chi connectivity index (χ0v) is 14.5. The van der Waals surface area contributed by atoms with Crippen LogP contribution in [0, 0.1) is 11.6 Å². The highest BCUT2D eigenvalue weighted by molar-refractivity contribution is 5.99. The first-order valence-electron chi connectivity index (χ1n) is 8.31. The SMILES string of the molecule is CCN1CCn2cc(C(=O)NCc3ccc(F)cc3F)c(=O)c(O)c2C1=O. The first-order valence-corrected chi connectivity index (χ1v) is 8.31. The van der Waals surface area contributed by atoms with Gasteiger partial charge in [0, 0.05) is 44.0 Å². The van der Waals surface area contributed by atoms with Crippen molar-refractivity contribution >= 4 is 11.8 Å². The lowest BCUT2D eigenvalue weighted by molar-refractivity contribution is 0.0705. The van der Waals surface area contributed by atoms with Crippen LogP contribution in [0.3, 0.4) is 0 Å². The van der Waals surface area contributed by atoms with E-state index in [0.29, 0.717) is 25.7 Å². The molecule has 0 atom stereocenters. The summed E-state index contributed by atoms with van der Waals surface area (Å²) in [5.41, 5.74) is -1.46. The summed E-state index contributed by atoms with van der Waals surface area (Å²) < 4.78 is 27.9. The van der Waals surface area contributed by atoms with Crippen molar-refractivity contribution < 1.29 is 23.5 Å². The van der Waals surface area contributed by atoms with Gasteiger partial charge >= 0.3 is 0 Å². The highest BCUT2D eigenvalue weighted by Crippen LogP contribution is 2.20. The second-order valence-corrected chi connectivity index (χ2v) is 6.07. The quantitative estimate of drug-likeness (QED) is 0.839. The van der Waals surface area contributed by atoms with Gasteiger partial charge in [-0.3, -0.25) is 14.4 Å². The number of fused-ring (bicyclic) bond motifs is 1. The van der Waals surface area contributed by atoms with Crippen molar-refractivity contribution in [2.24, 2.45) is 0 Å². The van der Waals surface area contributed by atoms with Crippen molar-refractivity contribution in [2.45, 2.75) is 20.0 Å². The monoisotopic (exact) mass is 377 g/mol. The molecule has 2 N–H and O–H groups in total. The van der Waals surface area contributed by atoms with E-state index >= 15 is 0 Å². The van der Waals surface area contributed by atoms with Crippen LogP contribution < -0.4 is 10.7 Å². The fourth-order valence-corrected chi connectivity index (χ4v) is 2.93. The van der Waals surface area contributed by atoms with E-state index in [1.54, 1.807) is 6.92 Å². The predicted octanol–water partition coefficient (Wildman–Crippen LogP) is 1.24. The van der Waals surface area contributed by atoms with Gasteiger partial charge in [0.1, 0.15) is 17.2 Å². The zero-order chi connectivity index (χ0) is 19.7. The van der Waals surface area contributed by atoms with Crippen molar-refractivity contribution in [3.8, 4) is 5.75 Å². The smallest absolute Gasteiger partial charge is 0.274 e. The largest absolute Gasteiger partial charge is 0.503 e. The van der Waals surface area contributed by atoms with Crippen LogP contribution in [0.15, 0.2) is 29.2 Å². The lowest BCUT2D eigenvalue weighted by Gasteiger charge is -2.29. The van der Waals surface area contributed by atoms with Gasteiger partial charge in [-0.1, -0.05) is 6.07 Å². The average molecular weight is 377 g/mol. The molecule has 2 heterocycles. The minimum Gasteiger partial charge on any atom is -0.503 e. The Balaban J connectivity index is 1.87. The van der Waals surface area contributed by atoms with E-state index in [0.717, 1.165) is 6.07 Å². The molecule has 1 aromatic heterocycles. The summed E-state index contributed by atoms with van der Waals surface area (Å²) in [7, 11) is 0. The number of benzene rings is 1. The Morgan fingerprint density at radius 1 is 1.26 bits per heavy atom. The van der Waals surface area contributed by atoms with Gasteiger partial charge in [0.25, 0.3) is 11.8 Å². The van der Waals surface area contributed by atoms with Gasteiger partial charge < -0.3 is 19.9 Å². The minimum absolute atomic E-state index is 0.0424. The summed E-state index contributed by atoms with van der Waals surface area (Å²) in [6.07, 6.45) is 1.21. The van der Waals surface area contributed by atoms with Crippen LogP contribution in [0.4, 0.5) is 8.78 Å². The molecule has 142 valence electrons. The molecule has 27 heavy (non-hydrogen) atoms. The third kappa shape index (κ3) is 3.40. The van der Waals surface area contributed by atoms with Gasteiger partial charge in [-0.2, -0.15) is 0 Å². The molecular weight excluding hydrogens is 360 g/mol. The van der Waals surface area contributed by atoms with E-state index in [9.17, 15) is 28.3 Å². The minimum atomic E-state index is -0.982. The first-order chi connectivity index (χ1) is 12.8. The van der Waals surface area contributed by atoms with Crippen LogP contribution in [0.25, 0.3) is 0 Å². The lowest BCUT2D eigenvalue weighted by atomic mass is 10.1. The van der Waals surface area contributed by atoms with Gasteiger partial charge in [0.2, 0.25) is 5.43 Å². The number of nitrogens with one attached hydrogen (secondary N) is 1. The molecule has 0 unspecified atom stereocenters. The van der Waals surface area contributed by atoms with Gasteiger partial charge in [0.15, 0.2) is 11.4 Å². The summed E-state index contributed by atoms with van der Waals surface area (Å²) in [6.45, 7) is 2.63. The third-order valence-corrected chi connectivity index (χ3v) is 4.44. The topological polar surface area (TPSA) is 91.6 Å². The van der Waals surface area contributed by atoms with E-state index in [4.69, 9.17) is 0 Å². The van der Waals surface area contributed by atoms with Crippen LogP contribution in [0.5, 0.6) is 5.75 Å². The third-order valence-electron chi connectivity index (χ3n) is 4.44. The van der Waals surface area contributed by atoms with E-state index in [1.807, 2.05) is 0 Å². The van der Waals surface area contributed by atoms with E-state index in [-0.39, 0.29) is 23.4 Å². The van der Waals surface area contributed by atoms with Gasteiger partial charge in [0.05, 0.1) is 0 Å². The Hall–Kier alpha value is -3.23. The number of nitrogens with zero attached hydrogens (tertiary/aromatic N) is 2. The summed E-state index contributed by atoms with van der Waals surface area (Å²) in [5.74, 6) is -3.69. The summed E-state index contributed by atoms with van der Waals surface area (Å²) in [6, 6.07) is 2.92. The number of aromatic nitrogens is 1. The zero-order valence-electron chi connectivity index (χ0n) is 14.5. The fourth-order valence-electron chi connectivity index (χ4n) is 2.93. The molecule has 0 saturated carbocycles. The summed E-state index contributed by atoms with van der Waals surface area (Å²) in [5, 5.41) is 12.5. The van der Waals surface area contributed by atoms with Gasteiger partial charge in [-0.25, -0.2) is 8.78 Å². The number of likely N-dealkylation sites (N-methyl/N-ethyl adjacent to an activating group) is 1. The van der Waals surface area contributed by atoms with Gasteiger partial charge in [-0.05, 0) is 13.0 Å². The standard InChI is InChI=1S/C18H17F2N3O4/c1-2-22-5-6-23-9-12(15(24)16(25)14(23)18(22)27)17(26)21-8-10-3-4-11(19)7-13(10)20/h3-4,7,9,25H,2,5-6,8H2,1H3,(H,21,26). The van der Waals surface area contributed by atoms with Crippen molar-refractivity contribution in [3.05, 3.63) is 63.1 Å². The fraction of sp³-hybridized carbons (Fsp3) is 0.278. The van der Waals surface area contributed by atoms with Crippen LogP contribution in [0.1, 0.15) is 33.3 Å². The number of pyridine rings is 1. The molecule has 0 aliphatic carbocycles. The lowest BCUT2D eigenvalue weighted by Crippen LogP contribution is -2.42. The molecule has 0 fully saturated rings. The molecular formula is C18H17F2N3O4. The maximum atomic E-state index is 13.6. The number of hydrogen-bond donors (Lipinski definition) is 2. The molecule has 1 aliphatic heterocycles.